The zero-order valence-corrected chi connectivity index (χ0v) is 9.28. The smallest absolute Gasteiger partial charge is 0.271 e. The Labute approximate surface area is 98.7 Å². The first-order valence-electron chi connectivity index (χ1n) is 5.36. The number of nitrogens with zero attached hydrogens (tertiary/aromatic N) is 4. The number of carbonyl (C=O) groups excluding carboxylic acids is 1. The number of rotatable bonds is 5. The summed E-state index contributed by atoms with van der Waals surface area (Å²) >= 11 is 0. The zero-order chi connectivity index (χ0) is 11.9. The van der Waals surface area contributed by atoms with Crippen LogP contribution in [0, 0.1) is 0 Å². The van der Waals surface area contributed by atoms with E-state index >= 15 is 0 Å². The summed E-state index contributed by atoms with van der Waals surface area (Å²) in [6.07, 6.45) is 10.7. The maximum absolute atomic E-state index is 11.6. The van der Waals surface area contributed by atoms with E-state index in [1.54, 1.807) is 12.5 Å². The van der Waals surface area contributed by atoms with Gasteiger partial charge in [-0.15, -0.1) is 0 Å². The number of amides is 1. The predicted octanol–water partition coefficient (Wildman–Crippen LogP) is 0.493. The van der Waals surface area contributed by atoms with Crippen molar-refractivity contribution in [3.8, 4) is 0 Å². The van der Waals surface area contributed by atoms with Crippen LogP contribution in [-0.4, -0.2) is 32.0 Å². The second-order valence-corrected chi connectivity index (χ2v) is 3.50. The molecule has 0 aliphatic rings. The molecule has 1 amide bonds. The SMILES string of the molecule is O=C(NCCCn1ccnc1)c1cnccn1. The van der Waals surface area contributed by atoms with E-state index in [2.05, 4.69) is 20.3 Å². The minimum absolute atomic E-state index is 0.191. The molecule has 0 unspecified atom stereocenters. The molecule has 0 saturated heterocycles. The first-order chi connectivity index (χ1) is 8.36. The van der Waals surface area contributed by atoms with Crippen molar-refractivity contribution in [3.63, 3.8) is 0 Å². The predicted molar refractivity (Wildman–Crippen MR) is 61.2 cm³/mol. The van der Waals surface area contributed by atoms with E-state index in [1.807, 2.05) is 10.8 Å². The third kappa shape index (κ3) is 3.37. The molecule has 0 atom stereocenters. The first kappa shape index (κ1) is 11.3. The molecule has 2 aromatic heterocycles. The number of carbonyl (C=O) groups is 1. The Morgan fingerprint density at radius 1 is 1.29 bits per heavy atom. The van der Waals surface area contributed by atoms with Crippen LogP contribution >= 0.6 is 0 Å². The summed E-state index contributed by atoms with van der Waals surface area (Å²) in [5, 5.41) is 2.79. The third-order valence-electron chi connectivity index (χ3n) is 2.23. The van der Waals surface area contributed by atoms with Crippen LogP contribution in [-0.2, 0) is 6.54 Å². The second kappa shape index (κ2) is 5.74. The quantitative estimate of drug-likeness (QED) is 0.760. The van der Waals surface area contributed by atoms with Gasteiger partial charge in [-0.05, 0) is 6.42 Å². The maximum Gasteiger partial charge on any atom is 0.271 e. The molecule has 2 rings (SSSR count). The molecule has 0 aliphatic heterocycles. The largest absolute Gasteiger partial charge is 0.351 e. The molecular formula is C11H13N5O. The molecule has 0 aromatic carbocycles. The van der Waals surface area contributed by atoms with Gasteiger partial charge < -0.3 is 9.88 Å². The fourth-order valence-electron chi connectivity index (χ4n) is 1.39. The van der Waals surface area contributed by atoms with Gasteiger partial charge in [0.2, 0.25) is 0 Å². The van der Waals surface area contributed by atoms with Crippen LogP contribution < -0.4 is 5.32 Å². The summed E-state index contributed by atoms with van der Waals surface area (Å²) in [4.78, 5) is 23.3. The van der Waals surface area contributed by atoms with E-state index < -0.39 is 0 Å². The van der Waals surface area contributed by atoms with Crippen LogP contribution in [0.1, 0.15) is 16.9 Å². The highest BCUT2D eigenvalue weighted by molar-refractivity contribution is 5.91. The molecule has 1 N–H and O–H groups in total. The van der Waals surface area contributed by atoms with E-state index in [-0.39, 0.29) is 5.91 Å². The lowest BCUT2D eigenvalue weighted by Crippen LogP contribution is -2.26. The molecule has 6 heteroatoms. The van der Waals surface area contributed by atoms with Crippen LogP contribution in [0.25, 0.3) is 0 Å². The van der Waals surface area contributed by atoms with E-state index in [9.17, 15) is 4.79 Å². The highest BCUT2D eigenvalue weighted by Gasteiger charge is 2.04. The molecule has 0 saturated carbocycles. The van der Waals surface area contributed by atoms with Gasteiger partial charge in [0.1, 0.15) is 5.69 Å². The summed E-state index contributed by atoms with van der Waals surface area (Å²) < 4.78 is 1.97. The van der Waals surface area contributed by atoms with Crippen LogP contribution in [0.5, 0.6) is 0 Å². The maximum atomic E-state index is 11.6. The Balaban J connectivity index is 1.70. The molecule has 2 aromatic rings. The Morgan fingerprint density at radius 3 is 2.94 bits per heavy atom. The Morgan fingerprint density at radius 2 is 2.24 bits per heavy atom. The summed E-state index contributed by atoms with van der Waals surface area (Å²) in [5.74, 6) is -0.191. The number of nitrogens with one attached hydrogen (secondary N) is 1. The van der Waals surface area contributed by atoms with E-state index in [0.717, 1.165) is 13.0 Å². The Hall–Kier alpha value is -2.24. The van der Waals surface area contributed by atoms with Gasteiger partial charge >= 0.3 is 0 Å². The van der Waals surface area contributed by atoms with Crippen LogP contribution in [0.15, 0.2) is 37.3 Å². The average Bonchev–Trinajstić information content (AvgIpc) is 2.88. The van der Waals surface area contributed by atoms with Gasteiger partial charge in [0.05, 0.1) is 12.5 Å². The van der Waals surface area contributed by atoms with Gasteiger partial charge in [0.25, 0.3) is 5.91 Å². The van der Waals surface area contributed by atoms with E-state index in [1.165, 1.54) is 18.6 Å². The van der Waals surface area contributed by atoms with Crippen molar-refractivity contribution in [1.29, 1.82) is 0 Å². The number of aromatic nitrogens is 4. The van der Waals surface area contributed by atoms with Crippen molar-refractivity contribution in [3.05, 3.63) is 43.0 Å². The molecule has 17 heavy (non-hydrogen) atoms. The lowest BCUT2D eigenvalue weighted by Gasteiger charge is -2.04. The molecule has 0 radical (unpaired) electrons. The fraction of sp³-hybridized carbons (Fsp3) is 0.273. The van der Waals surface area contributed by atoms with E-state index in [0.29, 0.717) is 12.2 Å². The number of aryl methyl sites for hydroxylation is 1. The topological polar surface area (TPSA) is 72.7 Å². The highest BCUT2D eigenvalue weighted by Crippen LogP contribution is 1.92. The fourth-order valence-corrected chi connectivity index (χ4v) is 1.39. The molecular weight excluding hydrogens is 218 g/mol. The standard InChI is InChI=1S/C11H13N5O/c17-11(10-8-12-3-4-14-10)15-2-1-6-16-7-5-13-9-16/h3-5,7-9H,1-2,6H2,(H,15,17). The molecule has 6 nitrogen and oxygen atoms in total. The van der Waals surface area contributed by atoms with Crippen LogP contribution in [0.3, 0.4) is 0 Å². The van der Waals surface area contributed by atoms with Gasteiger partial charge in [-0.3, -0.25) is 9.78 Å². The molecule has 0 bridgehead atoms. The Bertz CT molecular complexity index is 454. The van der Waals surface area contributed by atoms with Gasteiger partial charge in [-0.2, -0.15) is 0 Å². The van der Waals surface area contributed by atoms with Crippen LogP contribution in [0.2, 0.25) is 0 Å². The van der Waals surface area contributed by atoms with E-state index in [4.69, 9.17) is 0 Å². The number of hydrogen-bond donors (Lipinski definition) is 1. The van der Waals surface area contributed by atoms with Gasteiger partial charge in [0, 0.05) is 37.9 Å². The second-order valence-electron chi connectivity index (χ2n) is 3.50. The van der Waals surface area contributed by atoms with Gasteiger partial charge in [0.15, 0.2) is 0 Å². The molecule has 2 heterocycles. The molecule has 88 valence electrons. The van der Waals surface area contributed by atoms with Crippen molar-refractivity contribution in [1.82, 2.24) is 24.8 Å². The van der Waals surface area contributed by atoms with Crippen LogP contribution in [0.4, 0.5) is 0 Å². The zero-order valence-electron chi connectivity index (χ0n) is 9.28. The van der Waals surface area contributed by atoms with Gasteiger partial charge in [-0.1, -0.05) is 0 Å². The van der Waals surface area contributed by atoms with Crippen molar-refractivity contribution >= 4 is 5.91 Å². The van der Waals surface area contributed by atoms with Crippen molar-refractivity contribution in [2.75, 3.05) is 6.54 Å². The summed E-state index contributed by atoms with van der Waals surface area (Å²) in [7, 11) is 0. The summed E-state index contributed by atoms with van der Waals surface area (Å²) in [5.41, 5.74) is 0.343. The Kier molecular flexibility index (Phi) is 3.80. The first-order valence-corrected chi connectivity index (χ1v) is 5.36. The van der Waals surface area contributed by atoms with Crippen molar-refractivity contribution in [2.24, 2.45) is 0 Å². The molecule has 0 spiro atoms. The summed E-state index contributed by atoms with van der Waals surface area (Å²) in [6, 6.07) is 0. The van der Waals surface area contributed by atoms with Gasteiger partial charge in [-0.25, -0.2) is 9.97 Å². The average molecular weight is 231 g/mol. The minimum Gasteiger partial charge on any atom is -0.351 e. The number of hydrogen-bond acceptors (Lipinski definition) is 4. The van der Waals surface area contributed by atoms with Crippen molar-refractivity contribution in [2.45, 2.75) is 13.0 Å². The third-order valence-corrected chi connectivity index (χ3v) is 2.23. The summed E-state index contributed by atoms with van der Waals surface area (Å²) in [6.45, 7) is 1.44. The molecule has 0 aliphatic carbocycles. The normalized spacial score (nSPS) is 10.1. The minimum atomic E-state index is -0.191. The van der Waals surface area contributed by atoms with Crippen molar-refractivity contribution < 1.29 is 4.79 Å². The molecule has 0 fully saturated rings. The highest BCUT2D eigenvalue weighted by atomic mass is 16.1. The number of imidazole rings is 1. The lowest BCUT2D eigenvalue weighted by molar-refractivity contribution is 0.0947. The lowest BCUT2D eigenvalue weighted by atomic mass is 10.3. The monoisotopic (exact) mass is 231 g/mol.